The molecule has 0 aliphatic rings. The molecule has 1 aromatic carbocycles. The van der Waals surface area contributed by atoms with E-state index in [4.69, 9.17) is 9.47 Å². The molecule has 1 aromatic rings. The summed E-state index contributed by atoms with van der Waals surface area (Å²) in [6, 6.07) is 4.02. The van der Waals surface area contributed by atoms with Gasteiger partial charge in [0.05, 0.1) is 13.2 Å². The standard InChI is InChI=1S/C15H24O3/c1-5-7-18-8-6-13(16)15-12(3)9-11(2)10-14(15)17-4/h9-10,13,16H,5-8H2,1-4H3. The molecule has 3 heteroatoms. The van der Waals surface area contributed by atoms with E-state index in [0.29, 0.717) is 13.0 Å². The van der Waals surface area contributed by atoms with Crippen molar-refractivity contribution in [3.8, 4) is 5.75 Å². The molecule has 1 rings (SSSR count). The number of hydrogen-bond acceptors (Lipinski definition) is 3. The second-order valence-corrected chi connectivity index (χ2v) is 4.61. The molecule has 1 unspecified atom stereocenters. The largest absolute Gasteiger partial charge is 0.496 e. The predicted octanol–water partition coefficient (Wildman–Crippen LogP) is 3.16. The predicted molar refractivity (Wildman–Crippen MR) is 73.2 cm³/mol. The van der Waals surface area contributed by atoms with Crippen molar-refractivity contribution in [3.63, 3.8) is 0 Å². The summed E-state index contributed by atoms with van der Waals surface area (Å²) in [6.45, 7) is 7.42. The monoisotopic (exact) mass is 252 g/mol. The molecule has 0 bridgehead atoms. The molecule has 0 aromatic heterocycles. The first-order valence-corrected chi connectivity index (χ1v) is 6.51. The minimum absolute atomic E-state index is 0.530. The molecule has 1 atom stereocenters. The van der Waals surface area contributed by atoms with Crippen molar-refractivity contribution in [1.82, 2.24) is 0 Å². The summed E-state index contributed by atoms with van der Waals surface area (Å²) in [7, 11) is 1.64. The number of hydrogen-bond donors (Lipinski definition) is 1. The van der Waals surface area contributed by atoms with Gasteiger partial charge in [-0.1, -0.05) is 13.0 Å². The lowest BCUT2D eigenvalue weighted by Gasteiger charge is -2.18. The van der Waals surface area contributed by atoms with E-state index in [0.717, 1.165) is 35.5 Å². The molecule has 1 N–H and O–H groups in total. The third kappa shape index (κ3) is 4.00. The van der Waals surface area contributed by atoms with E-state index < -0.39 is 6.10 Å². The van der Waals surface area contributed by atoms with Gasteiger partial charge >= 0.3 is 0 Å². The van der Waals surface area contributed by atoms with Crippen molar-refractivity contribution >= 4 is 0 Å². The topological polar surface area (TPSA) is 38.7 Å². The van der Waals surface area contributed by atoms with Crippen LogP contribution in [0.1, 0.15) is 42.6 Å². The van der Waals surface area contributed by atoms with Crippen molar-refractivity contribution < 1.29 is 14.6 Å². The number of aryl methyl sites for hydroxylation is 2. The summed E-state index contributed by atoms with van der Waals surface area (Å²) < 4.78 is 10.8. The van der Waals surface area contributed by atoms with Crippen LogP contribution in [-0.4, -0.2) is 25.4 Å². The average Bonchev–Trinajstić information content (AvgIpc) is 2.33. The van der Waals surface area contributed by atoms with Gasteiger partial charge in [0.25, 0.3) is 0 Å². The lowest BCUT2D eigenvalue weighted by molar-refractivity contribution is 0.0808. The first-order valence-electron chi connectivity index (χ1n) is 6.51. The van der Waals surface area contributed by atoms with Crippen molar-refractivity contribution in [2.75, 3.05) is 20.3 Å². The fourth-order valence-electron chi connectivity index (χ4n) is 2.12. The van der Waals surface area contributed by atoms with Crippen LogP contribution in [0.25, 0.3) is 0 Å². The van der Waals surface area contributed by atoms with E-state index in [1.807, 2.05) is 19.9 Å². The average molecular weight is 252 g/mol. The summed E-state index contributed by atoms with van der Waals surface area (Å²) >= 11 is 0. The third-order valence-electron chi connectivity index (χ3n) is 2.93. The highest BCUT2D eigenvalue weighted by molar-refractivity contribution is 5.44. The van der Waals surface area contributed by atoms with Crippen LogP contribution in [0, 0.1) is 13.8 Å². The van der Waals surface area contributed by atoms with Gasteiger partial charge in [-0.15, -0.1) is 0 Å². The Balaban J connectivity index is 2.74. The number of ether oxygens (including phenoxy) is 2. The summed E-state index contributed by atoms with van der Waals surface area (Å²) in [5.41, 5.74) is 3.08. The van der Waals surface area contributed by atoms with E-state index in [2.05, 4.69) is 13.0 Å². The summed E-state index contributed by atoms with van der Waals surface area (Å²) in [5.74, 6) is 0.760. The molecule has 0 fully saturated rings. The molecule has 18 heavy (non-hydrogen) atoms. The lowest BCUT2D eigenvalue weighted by Crippen LogP contribution is -2.07. The normalized spacial score (nSPS) is 12.5. The van der Waals surface area contributed by atoms with E-state index >= 15 is 0 Å². The van der Waals surface area contributed by atoms with Gasteiger partial charge < -0.3 is 14.6 Å². The highest BCUT2D eigenvalue weighted by Crippen LogP contribution is 2.31. The summed E-state index contributed by atoms with van der Waals surface area (Å²) in [5, 5.41) is 10.2. The molecule has 102 valence electrons. The van der Waals surface area contributed by atoms with Crippen LogP contribution >= 0.6 is 0 Å². The Hall–Kier alpha value is -1.06. The van der Waals surface area contributed by atoms with Gasteiger partial charge in [-0.3, -0.25) is 0 Å². The fourth-order valence-corrected chi connectivity index (χ4v) is 2.12. The Bertz CT molecular complexity index is 374. The molecule has 0 amide bonds. The van der Waals surface area contributed by atoms with Crippen LogP contribution in [-0.2, 0) is 4.74 Å². The maximum atomic E-state index is 10.2. The molecule has 3 nitrogen and oxygen atoms in total. The van der Waals surface area contributed by atoms with Gasteiger partial charge in [-0.05, 0) is 37.5 Å². The molecule has 0 saturated heterocycles. The zero-order valence-electron chi connectivity index (χ0n) is 11.8. The maximum Gasteiger partial charge on any atom is 0.125 e. The Morgan fingerprint density at radius 1 is 1.22 bits per heavy atom. The highest BCUT2D eigenvalue weighted by atomic mass is 16.5. The molecule has 0 spiro atoms. The number of rotatable bonds is 7. The third-order valence-corrected chi connectivity index (χ3v) is 2.93. The molecular formula is C15H24O3. The number of methoxy groups -OCH3 is 1. The van der Waals surface area contributed by atoms with Crippen LogP contribution < -0.4 is 4.74 Å². The van der Waals surface area contributed by atoms with Gasteiger partial charge in [-0.2, -0.15) is 0 Å². The maximum absolute atomic E-state index is 10.2. The van der Waals surface area contributed by atoms with Gasteiger partial charge in [-0.25, -0.2) is 0 Å². The van der Waals surface area contributed by atoms with Crippen molar-refractivity contribution in [1.29, 1.82) is 0 Å². The highest BCUT2D eigenvalue weighted by Gasteiger charge is 2.16. The van der Waals surface area contributed by atoms with Gasteiger partial charge in [0, 0.05) is 25.2 Å². The first-order chi connectivity index (χ1) is 8.60. The Morgan fingerprint density at radius 3 is 2.56 bits per heavy atom. The molecule has 0 saturated carbocycles. The van der Waals surface area contributed by atoms with E-state index in [1.165, 1.54) is 0 Å². The lowest BCUT2D eigenvalue weighted by atomic mass is 9.98. The molecule has 0 aliphatic heterocycles. The fraction of sp³-hybridized carbons (Fsp3) is 0.600. The van der Waals surface area contributed by atoms with E-state index in [1.54, 1.807) is 7.11 Å². The molecule has 0 heterocycles. The van der Waals surface area contributed by atoms with Gasteiger partial charge in [0.1, 0.15) is 5.75 Å². The first kappa shape index (κ1) is 15.0. The second-order valence-electron chi connectivity index (χ2n) is 4.61. The summed E-state index contributed by atoms with van der Waals surface area (Å²) in [4.78, 5) is 0. The Kier molecular flexibility index (Phi) is 6.16. The van der Waals surface area contributed by atoms with Crippen molar-refractivity contribution in [3.05, 3.63) is 28.8 Å². The van der Waals surface area contributed by atoms with Gasteiger partial charge in [0.2, 0.25) is 0 Å². The Morgan fingerprint density at radius 2 is 1.94 bits per heavy atom. The minimum atomic E-state index is -0.530. The quantitative estimate of drug-likeness (QED) is 0.758. The van der Waals surface area contributed by atoms with Gasteiger partial charge in [0.15, 0.2) is 0 Å². The van der Waals surface area contributed by atoms with Crippen molar-refractivity contribution in [2.45, 2.75) is 39.7 Å². The second kappa shape index (κ2) is 7.39. The molecule has 0 aliphatic carbocycles. The van der Waals surface area contributed by atoms with Crippen LogP contribution in [0.15, 0.2) is 12.1 Å². The molecule has 0 radical (unpaired) electrons. The van der Waals surface area contributed by atoms with Crippen LogP contribution in [0.2, 0.25) is 0 Å². The minimum Gasteiger partial charge on any atom is -0.496 e. The van der Waals surface area contributed by atoms with Crippen LogP contribution in [0.5, 0.6) is 5.75 Å². The zero-order valence-corrected chi connectivity index (χ0v) is 11.8. The number of benzene rings is 1. The van der Waals surface area contributed by atoms with E-state index in [-0.39, 0.29) is 0 Å². The number of aliphatic hydroxyl groups excluding tert-OH is 1. The smallest absolute Gasteiger partial charge is 0.125 e. The molecular weight excluding hydrogens is 228 g/mol. The zero-order chi connectivity index (χ0) is 13.5. The SMILES string of the molecule is CCCOCCC(O)c1c(C)cc(C)cc1OC. The van der Waals surface area contributed by atoms with Crippen LogP contribution in [0.3, 0.4) is 0 Å². The number of aliphatic hydroxyl groups is 1. The summed E-state index contributed by atoms with van der Waals surface area (Å²) in [6.07, 6.45) is 1.07. The van der Waals surface area contributed by atoms with Crippen molar-refractivity contribution in [2.24, 2.45) is 0 Å². The van der Waals surface area contributed by atoms with E-state index in [9.17, 15) is 5.11 Å². The Labute approximate surface area is 110 Å². The van der Waals surface area contributed by atoms with Crippen LogP contribution in [0.4, 0.5) is 0 Å².